The zero-order valence-corrected chi connectivity index (χ0v) is 17.0. The van der Waals surface area contributed by atoms with Crippen LogP contribution in [0.3, 0.4) is 0 Å². The molecule has 9 heteroatoms. The minimum absolute atomic E-state index is 0.129. The lowest BCUT2D eigenvalue weighted by atomic mass is 9.95. The van der Waals surface area contributed by atoms with Crippen LogP contribution in [-0.2, 0) is 15.8 Å². The first kappa shape index (κ1) is 21.7. The molecular formula is C23H21F3N2O4. The molecule has 4 rings (SSSR count). The lowest BCUT2D eigenvalue weighted by Gasteiger charge is -2.30. The van der Waals surface area contributed by atoms with E-state index in [-0.39, 0.29) is 24.5 Å². The van der Waals surface area contributed by atoms with E-state index in [1.807, 2.05) is 0 Å². The Morgan fingerprint density at radius 2 is 1.78 bits per heavy atom. The highest BCUT2D eigenvalue weighted by Crippen LogP contribution is 2.34. The fraction of sp³-hybridized carbons (Fsp3) is 0.304. The number of halogens is 3. The lowest BCUT2D eigenvalue weighted by molar-refractivity contribution is -0.137. The number of benzene rings is 2. The van der Waals surface area contributed by atoms with E-state index < -0.39 is 11.7 Å². The first-order valence-corrected chi connectivity index (χ1v) is 10.1. The van der Waals surface area contributed by atoms with Crippen molar-refractivity contribution in [1.82, 2.24) is 4.90 Å². The molecule has 0 aliphatic carbocycles. The van der Waals surface area contributed by atoms with Crippen LogP contribution in [0.5, 0.6) is 11.5 Å². The van der Waals surface area contributed by atoms with Crippen LogP contribution < -0.4 is 14.8 Å². The van der Waals surface area contributed by atoms with Crippen LogP contribution in [0.25, 0.3) is 6.08 Å². The molecule has 2 aromatic rings. The number of ether oxygens (including phenoxy) is 2. The van der Waals surface area contributed by atoms with Gasteiger partial charge in [0.25, 0.3) is 0 Å². The van der Waals surface area contributed by atoms with Crippen molar-refractivity contribution in [2.75, 3.05) is 25.2 Å². The molecule has 2 amide bonds. The van der Waals surface area contributed by atoms with Gasteiger partial charge in [-0.1, -0.05) is 12.1 Å². The van der Waals surface area contributed by atoms with E-state index in [2.05, 4.69) is 5.32 Å². The minimum atomic E-state index is -4.43. The topological polar surface area (TPSA) is 67.9 Å². The standard InChI is InChI=1S/C23H21F3N2O4/c24-23(25,26)17-3-1-2-15(12-17)4-7-21(29)28-10-8-16(9-11-28)22(30)27-18-5-6-19-20(13-18)32-14-31-19/h1-7,12-13,16H,8-11,14H2,(H,27,30). The quantitative estimate of drug-likeness (QED) is 0.711. The van der Waals surface area contributed by atoms with Gasteiger partial charge >= 0.3 is 6.18 Å². The highest BCUT2D eigenvalue weighted by Gasteiger charge is 2.30. The molecule has 0 aromatic heterocycles. The summed E-state index contributed by atoms with van der Waals surface area (Å²) in [7, 11) is 0. The second-order valence-corrected chi connectivity index (χ2v) is 7.61. The van der Waals surface area contributed by atoms with Gasteiger partial charge in [-0.25, -0.2) is 0 Å². The smallest absolute Gasteiger partial charge is 0.416 e. The summed E-state index contributed by atoms with van der Waals surface area (Å²) < 4.78 is 49.0. The third-order valence-electron chi connectivity index (χ3n) is 5.45. The summed E-state index contributed by atoms with van der Waals surface area (Å²) >= 11 is 0. The number of fused-ring (bicyclic) bond motifs is 1. The highest BCUT2D eigenvalue weighted by atomic mass is 19.4. The number of amides is 2. The van der Waals surface area contributed by atoms with E-state index >= 15 is 0 Å². The molecule has 32 heavy (non-hydrogen) atoms. The molecule has 2 aromatic carbocycles. The van der Waals surface area contributed by atoms with Crippen molar-refractivity contribution in [2.45, 2.75) is 19.0 Å². The van der Waals surface area contributed by atoms with Crippen LogP contribution in [0, 0.1) is 5.92 Å². The number of likely N-dealkylation sites (tertiary alicyclic amines) is 1. The molecule has 168 valence electrons. The average Bonchev–Trinajstić information content (AvgIpc) is 3.25. The molecule has 0 unspecified atom stereocenters. The van der Waals surface area contributed by atoms with E-state index in [4.69, 9.17) is 9.47 Å². The number of nitrogens with one attached hydrogen (secondary N) is 1. The predicted molar refractivity (Wildman–Crippen MR) is 111 cm³/mol. The van der Waals surface area contributed by atoms with Crippen molar-refractivity contribution in [3.63, 3.8) is 0 Å². The molecule has 0 atom stereocenters. The molecule has 6 nitrogen and oxygen atoms in total. The Kier molecular flexibility index (Phi) is 6.07. The number of rotatable bonds is 4. The van der Waals surface area contributed by atoms with Crippen molar-refractivity contribution in [3.8, 4) is 11.5 Å². The van der Waals surface area contributed by atoms with Gasteiger partial charge < -0.3 is 19.7 Å². The van der Waals surface area contributed by atoms with Crippen LogP contribution in [0.1, 0.15) is 24.0 Å². The van der Waals surface area contributed by atoms with Crippen LogP contribution in [-0.4, -0.2) is 36.6 Å². The van der Waals surface area contributed by atoms with Crippen molar-refractivity contribution < 1.29 is 32.2 Å². The molecule has 0 spiro atoms. The van der Waals surface area contributed by atoms with E-state index in [0.717, 1.165) is 12.1 Å². The summed E-state index contributed by atoms with van der Waals surface area (Å²) in [4.78, 5) is 26.6. The zero-order valence-electron chi connectivity index (χ0n) is 17.0. The Hall–Kier alpha value is -3.49. The normalized spacial score (nSPS) is 16.4. The minimum Gasteiger partial charge on any atom is -0.454 e. The summed E-state index contributed by atoms with van der Waals surface area (Å²) in [6.45, 7) is 0.942. The molecule has 1 saturated heterocycles. The summed E-state index contributed by atoms with van der Waals surface area (Å²) in [6, 6.07) is 9.97. The second kappa shape index (κ2) is 8.94. The van der Waals surface area contributed by atoms with Crippen LogP contribution in [0.15, 0.2) is 48.5 Å². The Balaban J connectivity index is 1.29. The highest BCUT2D eigenvalue weighted by molar-refractivity contribution is 5.94. The predicted octanol–water partition coefficient (Wildman–Crippen LogP) is 4.32. The fourth-order valence-electron chi connectivity index (χ4n) is 3.67. The summed E-state index contributed by atoms with van der Waals surface area (Å²) in [5, 5.41) is 2.87. The van der Waals surface area contributed by atoms with Gasteiger partial charge in [-0.2, -0.15) is 13.2 Å². The van der Waals surface area contributed by atoms with Gasteiger partial charge in [0.05, 0.1) is 5.56 Å². The van der Waals surface area contributed by atoms with Crippen molar-refractivity contribution >= 4 is 23.6 Å². The van der Waals surface area contributed by atoms with E-state index in [9.17, 15) is 22.8 Å². The van der Waals surface area contributed by atoms with Gasteiger partial charge in [0.1, 0.15) is 0 Å². The number of anilines is 1. The maximum atomic E-state index is 12.8. The number of carbonyl (C=O) groups excluding carboxylic acids is 2. The monoisotopic (exact) mass is 446 g/mol. The molecule has 0 radical (unpaired) electrons. The molecule has 2 heterocycles. The maximum absolute atomic E-state index is 12.8. The third-order valence-corrected chi connectivity index (χ3v) is 5.45. The Morgan fingerprint density at radius 1 is 1.03 bits per heavy atom. The third kappa shape index (κ3) is 5.04. The number of carbonyl (C=O) groups is 2. The molecule has 0 saturated carbocycles. The molecular weight excluding hydrogens is 425 g/mol. The number of hydrogen-bond acceptors (Lipinski definition) is 4. The van der Waals surface area contributed by atoms with Gasteiger partial charge in [-0.15, -0.1) is 0 Å². The second-order valence-electron chi connectivity index (χ2n) is 7.61. The van der Waals surface area contributed by atoms with Crippen molar-refractivity contribution in [2.24, 2.45) is 5.92 Å². The van der Waals surface area contributed by atoms with Gasteiger partial charge in [-0.3, -0.25) is 9.59 Å². The van der Waals surface area contributed by atoms with E-state index in [1.165, 1.54) is 24.3 Å². The summed E-state index contributed by atoms with van der Waals surface area (Å²) in [6.07, 6.45) is -0.797. The summed E-state index contributed by atoms with van der Waals surface area (Å²) in [5.74, 6) is 0.549. The van der Waals surface area contributed by atoms with Gasteiger partial charge in [0.15, 0.2) is 11.5 Å². The lowest BCUT2D eigenvalue weighted by Crippen LogP contribution is -2.40. The Morgan fingerprint density at radius 3 is 2.53 bits per heavy atom. The number of hydrogen-bond donors (Lipinski definition) is 1. The van der Waals surface area contributed by atoms with Crippen molar-refractivity contribution in [3.05, 3.63) is 59.7 Å². The molecule has 2 aliphatic heterocycles. The Bertz CT molecular complexity index is 1040. The van der Waals surface area contributed by atoms with E-state index in [0.29, 0.717) is 48.7 Å². The van der Waals surface area contributed by atoms with Gasteiger partial charge in [0, 0.05) is 36.8 Å². The molecule has 2 aliphatic rings. The zero-order chi connectivity index (χ0) is 22.7. The number of piperidine rings is 1. The first-order valence-electron chi connectivity index (χ1n) is 10.1. The molecule has 1 N–H and O–H groups in total. The maximum Gasteiger partial charge on any atom is 0.416 e. The number of alkyl halides is 3. The van der Waals surface area contributed by atoms with E-state index in [1.54, 1.807) is 23.1 Å². The summed E-state index contributed by atoms with van der Waals surface area (Å²) in [5.41, 5.74) is 0.148. The largest absolute Gasteiger partial charge is 0.454 e. The molecule has 0 bridgehead atoms. The van der Waals surface area contributed by atoms with Crippen LogP contribution in [0.2, 0.25) is 0 Å². The fourth-order valence-corrected chi connectivity index (χ4v) is 3.67. The van der Waals surface area contributed by atoms with Crippen LogP contribution in [0.4, 0.5) is 18.9 Å². The Labute approximate surface area is 182 Å². The van der Waals surface area contributed by atoms with Crippen molar-refractivity contribution in [1.29, 1.82) is 0 Å². The molecule has 1 fully saturated rings. The van der Waals surface area contributed by atoms with Gasteiger partial charge in [0.2, 0.25) is 18.6 Å². The SMILES string of the molecule is O=C(Nc1ccc2c(c1)OCO2)C1CCN(C(=O)C=Cc2cccc(C(F)(F)F)c2)CC1. The number of nitrogens with zero attached hydrogens (tertiary/aromatic N) is 1. The van der Waals surface area contributed by atoms with Crippen LogP contribution >= 0.6 is 0 Å². The van der Waals surface area contributed by atoms with Gasteiger partial charge in [-0.05, 0) is 48.7 Å². The average molecular weight is 446 g/mol. The first-order chi connectivity index (χ1) is 15.3.